The second-order valence-corrected chi connectivity index (χ2v) is 5.73. The summed E-state index contributed by atoms with van der Waals surface area (Å²) in [5.41, 5.74) is 0.872. The molecule has 1 N–H and O–H groups in total. The largest absolute Gasteiger partial charge is 0.444 e. The van der Waals surface area contributed by atoms with Crippen LogP contribution < -0.4 is 5.32 Å². The molecule has 0 radical (unpaired) electrons. The number of rotatable bonds is 2. The standard InChI is InChI=1S/C13H15BrN2O2/c1-13(2,3)18-12(17)16-8-10-4-9(7-15)5-11(14)6-10/h4-6H,8H2,1-3H3,(H,16,17). The zero-order valence-electron chi connectivity index (χ0n) is 10.6. The molecular formula is C13H15BrN2O2. The molecule has 0 fully saturated rings. The summed E-state index contributed by atoms with van der Waals surface area (Å²) in [4.78, 5) is 11.5. The topological polar surface area (TPSA) is 62.1 Å². The highest BCUT2D eigenvalue weighted by Crippen LogP contribution is 2.15. The Bertz CT molecular complexity index is 487. The summed E-state index contributed by atoms with van der Waals surface area (Å²) in [6.45, 7) is 5.74. The lowest BCUT2D eigenvalue weighted by molar-refractivity contribution is 0.0523. The van der Waals surface area contributed by atoms with Crippen molar-refractivity contribution in [1.82, 2.24) is 5.32 Å². The van der Waals surface area contributed by atoms with Gasteiger partial charge in [-0.15, -0.1) is 0 Å². The molecule has 1 amide bonds. The molecule has 96 valence electrons. The number of nitrogens with zero attached hydrogens (tertiary/aromatic N) is 1. The van der Waals surface area contributed by atoms with Gasteiger partial charge in [-0.1, -0.05) is 15.9 Å². The summed E-state index contributed by atoms with van der Waals surface area (Å²) in [7, 11) is 0. The first-order valence-electron chi connectivity index (χ1n) is 5.46. The number of nitriles is 1. The van der Waals surface area contributed by atoms with Crippen LogP contribution in [0.15, 0.2) is 22.7 Å². The van der Waals surface area contributed by atoms with E-state index >= 15 is 0 Å². The monoisotopic (exact) mass is 310 g/mol. The zero-order chi connectivity index (χ0) is 13.8. The summed E-state index contributed by atoms with van der Waals surface area (Å²) >= 11 is 3.31. The van der Waals surface area contributed by atoms with E-state index in [0.29, 0.717) is 12.1 Å². The number of halogens is 1. The number of hydrogen-bond donors (Lipinski definition) is 1. The minimum atomic E-state index is -0.515. The fourth-order valence-corrected chi connectivity index (χ4v) is 1.85. The highest BCUT2D eigenvalue weighted by atomic mass is 79.9. The molecule has 5 heteroatoms. The van der Waals surface area contributed by atoms with Crippen molar-refractivity contribution < 1.29 is 9.53 Å². The van der Waals surface area contributed by atoms with Crippen molar-refractivity contribution in [2.24, 2.45) is 0 Å². The van der Waals surface area contributed by atoms with Gasteiger partial charge in [-0.05, 0) is 44.5 Å². The Kier molecular flexibility index (Phi) is 4.74. The molecule has 0 heterocycles. The molecule has 1 aromatic carbocycles. The molecule has 1 rings (SSSR count). The van der Waals surface area contributed by atoms with Crippen molar-refractivity contribution in [2.75, 3.05) is 0 Å². The average molecular weight is 311 g/mol. The van der Waals surface area contributed by atoms with E-state index in [4.69, 9.17) is 10.00 Å². The second kappa shape index (κ2) is 5.87. The Labute approximate surface area is 115 Å². The Morgan fingerprint density at radius 2 is 2.11 bits per heavy atom. The fraction of sp³-hybridized carbons (Fsp3) is 0.385. The maximum Gasteiger partial charge on any atom is 0.407 e. The number of nitrogens with one attached hydrogen (secondary N) is 1. The number of ether oxygens (including phenoxy) is 1. The molecular weight excluding hydrogens is 296 g/mol. The Morgan fingerprint density at radius 3 is 2.67 bits per heavy atom. The number of hydrogen-bond acceptors (Lipinski definition) is 3. The Balaban J connectivity index is 2.62. The van der Waals surface area contributed by atoms with Gasteiger partial charge in [0, 0.05) is 11.0 Å². The van der Waals surface area contributed by atoms with Gasteiger partial charge in [0.25, 0.3) is 0 Å². The molecule has 0 aromatic heterocycles. The molecule has 0 spiro atoms. The van der Waals surface area contributed by atoms with Crippen LogP contribution in [0.5, 0.6) is 0 Å². The third-order valence-electron chi connectivity index (χ3n) is 1.92. The van der Waals surface area contributed by atoms with Crippen LogP contribution in [0.3, 0.4) is 0 Å². The van der Waals surface area contributed by atoms with E-state index < -0.39 is 11.7 Å². The van der Waals surface area contributed by atoms with Gasteiger partial charge >= 0.3 is 6.09 Å². The molecule has 1 aromatic rings. The van der Waals surface area contributed by atoms with Crippen LogP contribution in [0.4, 0.5) is 4.79 Å². The molecule has 0 aliphatic rings. The predicted octanol–water partition coefficient (Wildman–Crippen LogP) is 3.35. The third-order valence-corrected chi connectivity index (χ3v) is 2.38. The molecule has 4 nitrogen and oxygen atoms in total. The normalized spacial score (nSPS) is 10.6. The number of alkyl carbamates (subject to hydrolysis) is 1. The van der Waals surface area contributed by atoms with Crippen molar-refractivity contribution in [2.45, 2.75) is 32.9 Å². The number of carbonyl (C=O) groups excluding carboxylic acids is 1. The highest BCUT2D eigenvalue weighted by Gasteiger charge is 2.15. The minimum Gasteiger partial charge on any atom is -0.444 e. The van der Waals surface area contributed by atoms with Gasteiger partial charge in [0.1, 0.15) is 5.60 Å². The summed E-state index contributed by atoms with van der Waals surface area (Å²) in [6.07, 6.45) is -0.471. The minimum absolute atomic E-state index is 0.322. The van der Waals surface area contributed by atoms with E-state index in [2.05, 4.69) is 27.3 Å². The summed E-state index contributed by atoms with van der Waals surface area (Å²) in [6, 6.07) is 7.35. The quantitative estimate of drug-likeness (QED) is 0.911. The molecule has 0 aliphatic heterocycles. The van der Waals surface area contributed by atoms with Crippen LogP contribution in [-0.2, 0) is 11.3 Å². The van der Waals surface area contributed by atoms with E-state index in [1.54, 1.807) is 32.9 Å². The molecule has 0 aliphatic carbocycles. The van der Waals surface area contributed by atoms with Gasteiger partial charge < -0.3 is 10.1 Å². The van der Waals surface area contributed by atoms with E-state index in [1.165, 1.54) is 0 Å². The van der Waals surface area contributed by atoms with Crippen LogP contribution in [0, 0.1) is 11.3 Å². The molecule has 0 unspecified atom stereocenters. The number of benzene rings is 1. The number of amides is 1. The van der Waals surface area contributed by atoms with Crippen molar-refractivity contribution >= 4 is 22.0 Å². The first-order chi connectivity index (χ1) is 8.30. The van der Waals surface area contributed by atoms with E-state index in [9.17, 15) is 4.79 Å². The smallest absolute Gasteiger partial charge is 0.407 e. The van der Waals surface area contributed by atoms with Crippen LogP contribution in [0.25, 0.3) is 0 Å². The maximum absolute atomic E-state index is 11.5. The van der Waals surface area contributed by atoms with E-state index in [-0.39, 0.29) is 0 Å². The van der Waals surface area contributed by atoms with Gasteiger partial charge in [0.15, 0.2) is 0 Å². The maximum atomic E-state index is 11.5. The van der Waals surface area contributed by atoms with Gasteiger partial charge in [0.05, 0.1) is 11.6 Å². The molecule has 0 bridgehead atoms. The van der Waals surface area contributed by atoms with Crippen LogP contribution in [0.2, 0.25) is 0 Å². The lowest BCUT2D eigenvalue weighted by Crippen LogP contribution is -2.32. The summed E-state index contributed by atoms with van der Waals surface area (Å²) < 4.78 is 5.93. The molecule has 18 heavy (non-hydrogen) atoms. The second-order valence-electron chi connectivity index (χ2n) is 4.82. The SMILES string of the molecule is CC(C)(C)OC(=O)NCc1cc(Br)cc(C#N)c1. The van der Waals surface area contributed by atoms with Gasteiger partial charge in [-0.2, -0.15) is 5.26 Å². The average Bonchev–Trinajstić information content (AvgIpc) is 2.23. The first-order valence-corrected chi connectivity index (χ1v) is 6.26. The third kappa shape index (κ3) is 5.19. The predicted molar refractivity (Wildman–Crippen MR) is 71.9 cm³/mol. The molecule has 0 saturated carbocycles. The van der Waals surface area contributed by atoms with Crippen LogP contribution >= 0.6 is 15.9 Å². The Morgan fingerprint density at radius 1 is 1.44 bits per heavy atom. The number of carbonyl (C=O) groups is 1. The van der Waals surface area contributed by atoms with Gasteiger partial charge in [-0.25, -0.2) is 4.79 Å². The summed E-state index contributed by atoms with van der Waals surface area (Å²) in [5, 5.41) is 11.5. The van der Waals surface area contributed by atoms with Crippen LogP contribution in [0.1, 0.15) is 31.9 Å². The van der Waals surface area contributed by atoms with Gasteiger partial charge in [0.2, 0.25) is 0 Å². The van der Waals surface area contributed by atoms with Gasteiger partial charge in [-0.3, -0.25) is 0 Å². The summed E-state index contributed by atoms with van der Waals surface area (Å²) in [5.74, 6) is 0. The van der Waals surface area contributed by atoms with E-state index in [0.717, 1.165) is 10.0 Å². The fourth-order valence-electron chi connectivity index (χ4n) is 1.31. The van der Waals surface area contributed by atoms with E-state index in [1.807, 2.05) is 6.07 Å². The molecule has 0 atom stereocenters. The zero-order valence-corrected chi connectivity index (χ0v) is 12.2. The van der Waals surface area contributed by atoms with Crippen LogP contribution in [-0.4, -0.2) is 11.7 Å². The lowest BCUT2D eigenvalue weighted by atomic mass is 10.1. The lowest BCUT2D eigenvalue weighted by Gasteiger charge is -2.19. The first kappa shape index (κ1) is 14.5. The van der Waals surface area contributed by atoms with Crippen molar-refractivity contribution in [3.05, 3.63) is 33.8 Å². The van der Waals surface area contributed by atoms with Crippen molar-refractivity contribution in [3.8, 4) is 6.07 Å². The van der Waals surface area contributed by atoms with Crippen molar-refractivity contribution in [1.29, 1.82) is 5.26 Å². The molecule has 0 saturated heterocycles. The highest BCUT2D eigenvalue weighted by molar-refractivity contribution is 9.10. The van der Waals surface area contributed by atoms with Crippen molar-refractivity contribution in [3.63, 3.8) is 0 Å². The Hall–Kier alpha value is -1.54.